The predicted octanol–water partition coefficient (Wildman–Crippen LogP) is 5.25. The lowest BCUT2D eigenvalue weighted by molar-refractivity contribution is -0.144. The van der Waals surface area contributed by atoms with Crippen molar-refractivity contribution in [2.24, 2.45) is 0 Å². The first-order valence-electron chi connectivity index (χ1n) is 11.7. The molecule has 0 aromatic heterocycles. The van der Waals surface area contributed by atoms with Gasteiger partial charge in [-0.1, -0.05) is 63.3 Å². The van der Waals surface area contributed by atoms with E-state index in [0.717, 1.165) is 52.0 Å². The Morgan fingerprint density at radius 1 is 0.893 bits per heavy atom. The average Bonchev–Trinajstić information content (AvgIpc) is 2.71. The summed E-state index contributed by atoms with van der Waals surface area (Å²) in [5, 5.41) is 3.33. The number of hydrogen-bond donors (Lipinski definition) is 1. The number of nitrogens with one attached hydrogen (secondary N) is 1. The van der Waals surface area contributed by atoms with Gasteiger partial charge in [0.1, 0.15) is 6.61 Å². The summed E-state index contributed by atoms with van der Waals surface area (Å²) in [7, 11) is 0. The summed E-state index contributed by atoms with van der Waals surface area (Å²) in [6.07, 6.45) is 23.1. The molecular formula is C24H44N2O2. The maximum atomic E-state index is 11.8. The molecule has 0 aromatic rings. The number of esters is 1. The molecular weight excluding hydrogens is 348 g/mol. The number of carbonyl (C=O) groups excluding carboxylic acids is 1. The molecule has 0 spiro atoms. The van der Waals surface area contributed by atoms with Crippen molar-refractivity contribution in [3.8, 4) is 0 Å². The summed E-state index contributed by atoms with van der Waals surface area (Å²) >= 11 is 0. The van der Waals surface area contributed by atoms with Crippen molar-refractivity contribution in [3.63, 3.8) is 0 Å². The standard InChI is InChI=1S/C24H44N2O2/c1-2-3-4-5-6-7-8-9-10-11-12-13-14-15-16-17-24(27)28-23-22-26-20-18-25-19-21-26/h6-7,9-10,25H,2-5,8,11-23H2,1H3/b7-6-,10-9-. The van der Waals surface area contributed by atoms with Crippen molar-refractivity contribution >= 4 is 5.97 Å². The minimum absolute atomic E-state index is 0.0270. The first kappa shape index (κ1) is 24.9. The van der Waals surface area contributed by atoms with Crippen LogP contribution in [0.3, 0.4) is 0 Å². The van der Waals surface area contributed by atoms with Crippen LogP contribution < -0.4 is 5.32 Å². The highest BCUT2D eigenvalue weighted by molar-refractivity contribution is 5.69. The lowest BCUT2D eigenvalue weighted by atomic mass is 10.1. The molecule has 0 amide bonds. The van der Waals surface area contributed by atoms with Gasteiger partial charge < -0.3 is 10.1 Å². The minimum Gasteiger partial charge on any atom is -0.464 e. The van der Waals surface area contributed by atoms with Gasteiger partial charge in [0.05, 0.1) is 0 Å². The Hall–Kier alpha value is -1.13. The van der Waals surface area contributed by atoms with Crippen LogP contribution in [0.25, 0.3) is 0 Å². The molecule has 1 fully saturated rings. The van der Waals surface area contributed by atoms with Crippen molar-refractivity contribution in [3.05, 3.63) is 24.3 Å². The summed E-state index contributed by atoms with van der Waals surface area (Å²) in [6.45, 7) is 7.86. The van der Waals surface area contributed by atoms with E-state index in [9.17, 15) is 4.79 Å². The van der Waals surface area contributed by atoms with Crippen molar-refractivity contribution in [1.82, 2.24) is 10.2 Å². The maximum absolute atomic E-state index is 11.8. The molecule has 0 atom stereocenters. The Kier molecular flexibility index (Phi) is 17.1. The molecule has 4 nitrogen and oxygen atoms in total. The van der Waals surface area contributed by atoms with Gasteiger partial charge in [-0.25, -0.2) is 0 Å². The Morgan fingerprint density at radius 2 is 1.54 bits per heavy atom. The monoisotopic (exact) mass is 392 g/mol. The highest BCUT2D eigenvalue weighted by Crippen LogP contribution is 2.09. The third-order valence-electron chi connectivity index (χ3n) is 5.21. The zero-order chi connectivity index (χ0) is 20.1. The second-order valence-corrected chi connectivity index (χ2v) is 7.79. The maximum Gasteiger partial charge on any atom is 0.305 e. The van der Waals surface area contributed by atoms with E-state index >= 15 is 0 Å². The van der Waals surface area contributed by atoms with Crippen molar-refractivity contribution < 1.29 is 9.53 Å². The Balaban J connectivity index is 1.80. The summed E-state index contributed by atoms with van der Waals surface area (Å²) in [5.74, 6) is -0.0270. The first-order chi connectivity index (χ1) is 13.8. The van der Waals surface area contributed by atoms with E-state index in [1.165, 1.54) is 51.4 Å². The molecule has 0 bridgehead atoms. The predicted molar refractivity (Wildman–Crippen MR) is 120 cm³/mol. The number of hydrogen-bond acceptors (Lipinski definition) is 4. The van der Waals surface area contributed by atoms with Crippen LogP contribution in [0.2, 0.25) is 0 Å². The van der Waals surface area contributed by atoms with Gasteiger partial charge in [-0.2, -0.15) is 0 Å². The van der Waals surface area contributed by atoms with Crippen molar-refractivity contribution in [2.45, 2.75) is 84.0 Å². The number of allylic oxidation sites excluding steroid dienone is 4. The van der Waals surface area contributed by atoms with Gasteiger partial charge in [-0.05, 0) is 38.5 Å². The molecule has 0 aliphatic carbocycles. The van der Waals surface area contributed by atoms with Gasteiger partial charge in [0, 0.05) is 39.1 Å². The Bertz CT molecular complexity index is 415. The van der Waals surface area contributed by atoms with Crippen LogP contribution in [-0.4, -0.2) is 50.2 Å². The molecule has 0 radical (unpaired) electrons. The van der Waals surface area contributed by atoms with Crippen LogP contribution in [0, 0.1) is 0 Å². The normalized spacial score (nSPS) is 15.6. The number of ether oxygens (including phenoxy) is 1. The highest BCUT2D eigenvalue weighted by atomic mass is 16.5. The van der Waals surface area contributed by atoms with E-state index in [4.69, 9.17) is 4.74 Å². The van der Waals surface area contributed by atoms with Crippen LogP contribution in [0.15, 0.2) is 24.3 Å². The molecule has 0 saturated carbocycles. The lowest BCUT2D eigenvalue weighted by Gasteiger charge is -2.26. The van der Waals surface area contributed by atoms with E-state index in [2.05, 4.69) is 41.4 Å². The molecule has 1 heterocycles. The molecule has 1 saturated heterocycles. The Labute approximate surface area is 173 Å². The number of carbonyl (C=O) groups is 1. The summed E-state index contributed by atoms with van der Waals surface area (Å²) in [5.41, 5.74) is 0. The molecule has 1 aliphatic heterocycles. The summed E-state index contributed by atoms with van der Waals surface area (Å²) < 4.78 is 5.35. The third-order valence-corrected chi connectivity index (χ3v) is 5.21. The van der Waals surface area contributed by atoms with Crippen LogP contribution >= 0.6 is 0 Å². The fourth-order valence-electron chi connectivity index (χ4n) is 3.38. The van der Waals surface area contributed by atoms with Crippen LogP contribution in [0.4, 0.5) is 0 Å². The van der Waals surface area contributed by atoms with E-state index in [1.807, 2.05) is 0 Å². The van der Waals surface area contributed by atoms with Gasteiger partial charge in [0.2, 0.25) is 0 Å². The average molecular weight is 393 g/mol. The lowest BCUT2D eigenvalue weighted by Crippen LogP contribution is -2.44. The molecule has 1 rings (SSSR count). The third kappa shape index (κ3) is 15.9. The number of unbranched alkanes of at least 4 members (excludes halogenated alkanes) is 8. The smallest absolute Gasteiger partial charge is 0.305 e. The summed E-state index contributed by atoms with van der Waals surface area (Å²) in [6, 6.07) is 0. The second kappa shape index (κ2) is 19.2. The zero-order valence-electron chi connectivity index (χ0n) is 18.3. The largest absolute Gasteiger partial charge is 0.464 e. The molecule has 1 N–H and O–H groups in total. The molecule has 0 aromatic carbocycles. The van der Waals surface area contributed by atoms with E-state index in [-0.39, 0.29) is 5.97 Å². The van der Waals surface area contributed by atoms with Gasteiger partial charge in [0.25, 0.3) is 0 Å². The van der Waals surface area contributed by atoms with E-state index in [0.29, 0.717) is 13.0 Å². The van der Waals surface area contributed by atoms with E-state index < -0.39 is 0 Å². The second-order valence-electron chi connectivity index (χ2n) is 7.79. The van der Waals surface area contributed by atoms with Gasteiger partial charge in [0.15, 0.2) is 0 Å². The number of rotatable bonds is 17. The number of nitrogens with zero attached hydrogens (tertiary/aromatic N) is 1. The van der Waals surface area contributed by atoms with E-state index in [1.54, 1.807) is 0 Å². The Morgan fingerprint density at radius 3 is 2.25 bits per heavy atom. The fraction of sp³-hybridized carbons (Fsp3) is 0.792. The molecule has 0 unspecified atom stereocenters. The SMILES string of the molecule is CCCCC/C=C\C/C=C\CCCCCCCC(=O)OCCN1CCNCC1. The fourth-order valence-corrected chi connectivity index (χ4v) is 3.38. The highest BCUT2D eigenvalue weighted by Gasteiger charge is 2.10. The van der Waals surface area contributed by atoms with Gasteiger partial charge in [-0.15, -0.1) is 0 Å². The quantitative estimate of drug-likeness (QED) is 0.209. The molecule has 28 heavy (non-hydrogen) atoms. The van der Waals surface area contributed by atoms with Crippen molar-refractivity contribution in [2.75, 3.05) is 39.3 Å². The van der Waals surface area contributed by atoms with Gasteiger partial charge in [-0.3, -0.25) is 9.69 Å². The topological polar surface area (TPSA) is 41.6 Å². The molecule has 162 valence electrons. The number of piperazine rings is 1. The first-order valence-corrected chi connectivity index (χ1v) is 11.7. The van der Waals surface area contributed by atoms with Crippen LogP contribution in [0.5, 0.6) is 0 Å². The zero-order valence-corrected chi connectivity index (χ0v) is 18.3. The minimum atomic E-state index is -0.0270. The van der Waals surface area contributed by atoms with Crippen molar-refractivity contribution in [1.29, 1.82) is 0 Å². The van der Waals surface area contributed by atoms with Crippen LogP contribution in [0.1, 0.15) is 84.0 Å². The molecule has 1 aliphatic rings. The molecule has 4 heteroatoms. The summed E-state index contributed by atoms with van der Waals surface area (Å²) in [4.78, 5) is 14.1. The van der Waals surface area contributed by atoms with Crippen LogP contribution in [-0.2, 0) is 9.53 Å². The van der Waals surface area contributed by atoms with Gasteiger partial charge >= 0.3 is 5.97 Å².